The molecule has 2 aromatic carbocycles. The molecule has 1 amide bonds. The van der Waals surface area contributed by atoms with Crippen molar-refractivity contribution in [3.8, 4) is 11.5 Å². The first-order chi connectivity index (χ1) is 12.7. The monoisotopic (exact) mass is 352 g/mol. The van der Waals surface area contributed by atoms with Crippen molar-refractivity contribution in [2.45, 2.75) is 12.5 Å². The van der Waals surface area contributed by atoms with E-state index in [1.165, 1.54) is 5.56 Å². The normalized spacial score (nSPS) is 20.0. The van der Waals surface area contributed by atoms with Gasteiger partial charge >= 0.3 is 0 Å². The second-order valence-electron chi connectivity index (χ2n) is 6.93. The molecule has 1 fully saturated rings. The number of ether oxygens (including phenoxy) is 2. The number of carbonyl (C=O) groups is 1. The van der Waals surface area contributed by atoms with Gasteiger partial charge in [0, 0.05) is 19.6 Å². The highest BCUT2D eigenvalue weighted by Crippen LogP contribution is 2.31. The van der Waals surface area contributed by atoms with Crippen molar-refractivity contribution in [1.82, 2.24) is 9.80 Å². The van der Waals surface area contributed by atoms with Crippen LogP contribution in [0.1, 0.15) is 17.2 Å². The van der Waals surface area contributed by atoms with Crippen LogP contribution in [0.15, 0.2) is 48.5 Å². The third kappa shape index (κ3) is 3.53. The van der Waals surface area contributed by atoms with Gasteiger partial charge in [0.05, 0.1) is 12.5 Å². The molecule has 2 aliphatic rings. The molecular weight excluding hydrogens is 328 g/mol. The lowest BCUT2D eigenvalue weighted by atomic mass is 10.0. The van der Waals surface area contributed by atoms with Crippen LogP contribution >= 0.6 is 0 Å². The molecule has 0 spiro atoms. The van der Waals surface area contributed by atoms with Gasteiger partial charge in [0.15, 0.2) is 11.5 Å². The molecule has 0 N–H and O–H groups in total. The summed E-state index contributed by atoms with van der Waals surface area (Å²) in [5, 5.41) is 0. The highest BCUT2D eigenvalue weighted by atomic mass is 16.6. The number of carbonyl (C=O) groups excluding carboxylic acids is 1. The van der Waals surface area contributed by atoms with Crippen LogP contribution in [0.4, 0.5) is 0 Å². The quantitative estimate of drug-likeness (QED) is 0.851. The molecule has 5 nitrogen and oxygen atoms in total. The molecule has 0 aromatic heterocycles. The number of rotatable bonds is 3. The van der Waals surface area contributed by atoms with Gasteiger partial charge in [-0.1, -0.05) is 36.4 Å². The van der Waals surface area contributed by atoms with Gasteiger partial charge in [-0.25, -0.2) is 0 Å². The number of hydrogen-bond donors (Lipinski definition) is 0. The summed E-state index contributed by atoms with van der Waals surface area (Å²) < 4.78 is 11.2. The Morgan fingerprint density at radius 2 is 1.81 bits per heavy atom. The lowest BCUT2D eigenvalue weighted by Gasteiger charge is -2.40. The lowest BCUT2D eigenvalue weighted by Crippen LogP contribution is -2.49. The molecule has 0 bridgehead atoms. The number of benzene rings is 2. The average Bonchev–Trinajstić information content (AvgIpc) is 2.68. The van der Waals surface area contributed by atoms with Gasteiger partial charge in [-0.2, -0.15) is 0 Å². The zero-order chi connectivity index (χ0) is 17.9. The Balaban J connectivity index is 1.52. The number of amides is 1. The predicted molar refractivity (Wildman–Crippen MR) is 99.5 cm³/mol. The second-order valence-corrected chi connectivity index (χ2v) is 6.93. The van der Waals surface area contributed by atoms with Gasteiger partial charge in [-0.3, -0.25) is 4.79 Å². The zero-order valence-corrected chi connectivity index (χ0v) is 15.1. The lowest BCUT2D eigenvalue weighted by molar-refractivity contribution is -0.135. The molecule has 0 saturated carbocycles. The van der Waals surface area contributed by atoms with Crippen LogP contribution in [0.2, 0.25) is 0 Å². The van der Waals surface area contributed by atoms with Crippen LogP contribution in [0, 0.1) is 0 Å². The molecule has 0 aliphatic carbocycles. The summed E-state index contributed by atoms with van der Waals surface area (Å²) in [7, 11) is 2.11. The smallest absolute Gasteiger partial charge is 0.227 e. The Bertz CT molecular complexity index is 778. The molecule has 1 saturated heterocycles. The molecule has 1 atom stereocenters. The summed E-state index contributed by atoms with van der Waals surface area (Å²) in [6, 6.07) is 16.2. The van der Waals surface area contributed by atoms with E-state index in [-0.39, 0.29) is 11.9 Å². The minimum absolute atomic E-state index is 0.0969. The van der Waals surface area contributed by atoms with Gasteiger partial charge in [0.2, 0.25) is 5.91 Å². The first-order valence-electron chi connectivity index (χ1n) is 9.12. The van der Waals surface area contributed by atoms with Crippen LogP contribution in [0.3, 0.4) is 0 Å². The largest absolute Gasteiger partial charge is 0.486 e. The molecule has 2 aliphatic heterocycles. The van der Waals surface area contributed by atoms with E-state index in [1.54, 1.807) is 0 Å². The van der Waals surface area contributed by atoms with Crippen molar-refractivity contribution in [2.75, 3.05) is 39.9 Å². The van der Waals surface area contributed by atoms with Crippen LogP contribution in [0.25, 0.3) is 0 Å². The number of hydrogen-bond acceptors (Lipinski definition) is 4. The number of nitrogens with zero attached hydrogens (tertiary/aromatic N) is 2. The van der Waals surface area contributed by atoms with Crippen LogP contribution in [0.5, 0.6) is 11.5 Å². The molecule has 0 radical (unpaired) electrons. The summed E-state index contributed by atoms with van der Waals surface area (Å²) in [6.45, 7) is 3.64. The standard InChI is InChI=1S/C21H24N2O3/c1-22-9-10-23(18(15-22)17-5-3-2-4-6-17)21(24)14-16-7-8-19-20(13-16)26-12-11-25-19/h2-8,13,18H,9-12,14-15H2,1H3. The fraction of sp³-hybridized carbons (Fsp3) is 0.381. The Labute approximate surface area is 154 Å². The summed E-state index contributed by atoms with van der Waals surface area (Å²) in [5.74, 6) is 1.65. The molecule has 2 aromatic rings. The fourth-order valence-corrected chi connectivity index (χ4v) is 3.65. The maximum Gasteiger partial charge on any atom is 0.227 e. The Morgan fingerprint density at radius 1 is 1.04 bits per heavy atom. The molecule has 1 unspecified atom stereocenters. The van der Waals surface area contributed by atoms with E-state index in [1.807, 2.05) is 41.3 Å². The topological polar surface area (TPSA) is 42.0 Å². The third-order valence-corrected chi connectivity index (χ3v) is 5.05. The van der Waals surface area contributed by atoms with E-state index in [0.29, 0.717) is 19.6 Å². The average molecular weight is 352 g/mol. The molecule has 2 heterocycles. The van der Waals surface area contributed by atoms with Crippen molar-refractivity contribution >= 4 is 5.91 Å². The van der Waals surface area contributed by atoms with Crippen molar-refractivity contribution in [3.63, 3.8) is 0 Å². The fourth-order valence-electron chi connectivity index (χ4n) is 3.65. The summed E-state index contributed by atoms with van der Waals surface area (Å²) in [5.41, 5.74) is 2.15. The summed E-state index contributed by atoms with van der Waals surface area (Å²) >= 11 is 0. The van der Waals surface area contributed by atoms with E-state index < -0.39 is 0 Å². The van der Waals surface area contributed by atoms with Crippen LogP contribution in [-0.4, -0.2) is 55.6 Å². The highest BCUT2D eigenvalue weighted by Gasteiger charge is 2.30. The van der Waals surface area contributed by atoms with Crippen LogP contribution < -0.4 is 9.47 Å². The van der Waals surface area contributed by atoms with E-state index in [2.05, 4.69) is 24.1 Å². The minimum Gasteiger partial charge on any atom is -0.486 e. The van der Waals surface area contributed by atoms with Gasteiger partial charge in [-0.15, -0.1) is 0 Å². The van der Waals surface area contributed by atoms with Crippen molar-refractivity contribution in [3.05, 3.63) is 59.7 Å². The van der Waals surface area contributed by atoms with Crippen molar-refractivity contribution in [1.29, 1.82) is 0 Å². The third-order valence-electron chi connectivity index (χ3n) is 5.05. The van der Waals surface area contributed by atoms with E-state index >= 15 is 0 Å². The second kappa shape index (κ2) is 7.38. The van der Waals surface area contributed by atoms with E-state index in [0.717, 1.165) is 36.7 Å². The first-order valence-corrected chi connectivity index (χ1v) is 9.12. The van der Waals surface area contributed by atoms with E-state index in [9.17, 15) is 4.79 Å². The molecule has 136 valence electrons. The number of piperazine rings is 1. The maximum atomic E-state index is 13.1. The van der Waals surface area contributed by atoms with Gasteiger partial charge in [-0.05, 0) is 30.3 Å². The van der Waals surface area contributed by atoms with Crippen LogP contribution in [-0.2, 0) is 11.2 Å². The Hall–Kier alpha value is -2.53. The van der Waals surface area contributed by atoms with Crippen molar-refractivity contribution in [2.24, 2.45) is 0 Å². The molecule has 26 heavy (non-hydrogen) atoms. The van der Waals surface area contributed by atoms with Crippen molar-refractivity contribution < 1.29 is 14.3 Å². The Kier molecular flexibility index (Phi) is 4.80. The summed E-state index contributed by atoms with van der Waals surface area (Å²) in [4.78, 5) is 17.4. The molecular formula is C21H24N2O3. The molecule has 5 heteroatoms. The predicted octanol–water partition coefficient (Wildman–Crippen LogP) is 2.52. The van der Waals surface area contributed by atoms with Gasteiger partial charge in [0.1, 0.15) is 13.2 Å². The maximum absolute atomic E-state index is 13.1. The van der Waals surface area contributed by atoms with Gasteiger partial charge in [0.25, 0.3) is 0 Å². The minimum atomic E-state index is 0.0969. The SMILES string of the molecule is CN1CCN(C(=O)Cc2ccc3c(c2)OCCO3)C(c2ccccc2)C1. The van der Waals surface area contributed by atoms with Gasteiger partial charge < -0.3 is 19.3 Å². The zero-order valence-electron chi connectivity index (χ0n) is 15.1. The number of likely N-dealkylation sites (N-methyl/N-ethyl adjacent to an activating group) is 1. The highest BCUT2D eigenvalue weighted by molar-refractivity contribution is 5.79. The first kappa shape index (κ1) is 16.9. The van der Waals surface area contributed by atoms with E-state index in [4.69, 9.17) is 9.47 Å². The molecule has 4 rings (SSSR count). The Morgan fingerprint density at radius 3 is 2.62 bits per heavy atom. The summed E-state index contributed by atoms with van der Waals surface area (Å²) in [6.07, 6.45) is 0.379. The number of fused-ring (bicyclic) bond motifs is 1.